The maximum atomic E-state index is 13.9. The summed E-state index contributed by atoms with van der Waals surface area (Å²) in [4.78, 5) is 91.0. The van der Waals surface area contributed by atoms with Crippen LogP contribution in [0.3, 0.4) is 0 Å². The molecule has 1 saturated carbocycles. The van der Waals surface area contributed by atoms with Crippen LogP contribution in [0.4, 0.5) is 4.79 Å². The molecule has 0 heterocycles. The minimum absolute atomic E-state index is 0.00262. The van der Waals surface area contributed by atoms with Crippen molar-refractivity contribution in [2.75, 3.05) is 19.8 Å². The average molecular weight is 752 g/mol. The third-order valence-corrected chi connectivity index (χ3v) is 8.81. The number of ketones is 1. The van der Waals surface area contributed by atoms with E-state index in [-0.39, 0.29) is 37.9 Å². The van der Waals surface area contributed by atoms with E-state index in [1.165, 1.54) is 12.1 Å². The van der Waals surface area contributed by atoms with E-state index < -0.39 is 72.2 Å². The molecule has 1 fully saturated rings. The number of amides is 5. The predicted molar refractivity (Wildman–Crippen MR) is 198 cm³/mol. The molecule has 0 aliphatic heterocycles. The standard InChI is InChI=1S/C39H53N5O10/c1-4-14-29(34(46)37(49)40-23-31(45)43-33(38(50)51)27-17-10-6-11-18-27)41-35(47)30(21-22-53-28-19-12-7-13-20-28)42-36(48)32(26-15-8-5-9-16-26)44-39(52)54-24-25(2)3/h6-7,10-13,17-20,25-26,29-30,32-33H,4-5,8-9,14-16,21-24H2,1-3H3,(H,40,49)(H,41,47)(H,42,48)(H,43,45)(H,44,52)(H,50,51)/t29?,30-,32-,33-/m0/s1. The van der Waals surface area contributed by atoms with Gasteiger partial charge in [0.25, 0.3) is 5.91 Å². The van der Waals surface area contributed by atoms with Gasteiger partial charge >= 0.3 is 12.1 Å². The van der Waals surface area contributed by atoms with E-state index in [1.54, 1.807) is 49.4 Å². The summed E-state index contributed by atoms with van der Waals surface area (Å²) in [5.74, 6) is -5.28. The van der Waals surface area contributed by atoms with Gasteiger partial charge in [0, 0.05) is 6.42 Å². The molecule has 1 aliphatic carbocycles. The fourth-order valence-electron chi connectivity index (χ4n) is 6.00. The number of carbonyl (C=O) groups is 7. The van der Waals surface area contributed by atoms with Crippen molar-refractivity contribution < 1.29 is 48.1 Å². The average Bonchev–Trinajstić information content (AvgIpc) is 3.17. The Labute approximate surface area is 315 Å². The topological polar surface area (TPSA) is 218 Å². The van der Waals surface area contributed by atoms with Crippen molar-refractivity contribution in [3.05, 3.63) is 66.2 Å². The van der Waals surface area contributed by atoms with Crippen molar-refractivity contribution in [1.29, 1.82) is 0 Å². The van der Waals surface area contributed by atoms with Crippen molar-refractivity contribution in [3.63, 3.8) is 0 Å². The number of benzene rings is 2. The van der Waals surface area contributed by atoms with Gasteiger partial charge in [-0.05, 0) is 48.8 Å². The monoisotopic (exact) mass is 751 g/mol. The summed E-state index contributed by atoms with van der Waals surface area (Å²) in [5, 5.41) is 22.2. The van der Waals surface area contributed by atoms with Gasteiger partial charge in [-0.25, -0.2) is 9.59 Å². The van der Waals surface area contributed by atoms with Gasteiger partial charge in [-0.3, -0.25) is 24.0 Å². The molecule has 0 saturated heterocycles. The van der Waals surface area contributed by atoms with Gasteiger partial charge in [-0.1, -0.05) is 95.0 Å². The molecule has 15 heteroatoms. The summed E-state index contributed by atoms with van der Waals surface area (Å²) in [5.41, 5.74) is 0.314. The number of hydrogen-bond acceptors (Lipinski definition) is 9. The highest BCUT2D eigenvalue weighted by Crippen LogP contribution is 2.27. The number of rotatable bonds is 21. The van der Waals surface area contributed by atoms with Crippen molar-refractivity contribution in [2.45, 2.75) is 96.3 Å². The smallest absolute Gasteiger partial charge is 0.407 e. The van der Waals surface area contributed by atoms with Gasteiger partial charge in [0.1, 0.15) is 17.8 Å². The second-order valence-corrected chi connectivity index (χ2v) is 13.7. The molecule has 0 spiro atoms. The zero-order chi connectivity index (χ0) is 39.5. The SMILES string of the molecule is CCCC(NC(=O)[C@H](CCOc1ccccc1)NC(=O)[C@@H](NC(=O)OCC(C)C)C1CCCCC1)C(=O)C(=O)NCC(=O)N[C@H](C(=O)O)c1ccccc1. The fourth-order valence-corrected chi connectivity index (χ4v) is 6.00. The number of nitrogens with one attached hydrogen (secondary N) is 5. The number of Topliss-reactive ketones (excluding diaryl/α,β-unsaturated/α-hetero) is 1. The van der Waals surface area contributed by atoms with Crippen LogP contribution >= 0.6 is 0 Å². The molecule has 6 N–H and O–H groups in total. The molecule has 0 radical (unpaired) electrons. The molecule has 2 aromatic rings. The Balaban J connectivity index is 1.72. The summed E-state index contributed by atoms with van der Waals surface area (Å²) in [6.45, 7) is 4.99. The van der Waals surface area contributed by atoms with E-state index >= 15 is 0 Å². The van der Waals surface area contributed by atoms with E-state index in [2.05, 4.69) is 26.6 Å². The molecular weight excluding hydrogens is 698 g/mol. The number of ether oxygens (including phenoxy) is 2. The molecule has 15 nitrogen and oxygen atoms in total. The Kier molecular flexibility index (Phi) is 17.9. The summed E-state index contributed by atoms with van der Waals surface area (Å²) >= 11 is 0. The van der Waals surface area contributed by atoms with Crippen LogP contribution in [0.5, 0.6) is 5.75 Å². The van der Waals surface area contributed by atoms with Gasteiger partial charge < -0.3 is 41.2 Å². The number of hydrogen-bond donors (Lipinski definition) is 6. The molecule has 5 amide bonds. The first kappa shape index (κ1) is 42.9. The Morgan fingerprint density at radius 2 is 1.41 bits per heavy atom. The Hall–Kier alpha value is -5.47. The first-order valence-electron chi connectivity index (χ1n) is 18.5. The number of carboxylic acid groups (broad SMARTS) is 1. The van der Waals surface area contributed by atoms with Crippen LogP contribution in [0.1, 0.15) is 83.7 Å². The fraction of sp³-hybridized carbons (Fsp3) is 0.513. The van der Waals surface area contributed by atoms with Crippen molar-refractivity contribution >= 4 is 41.5 Å². The van der Waals surface area contributed by atoms with E-state index in [9.17, 15) is 38.7 Å². The van der Waals surface area contributed by atoms with Crippen LogP contribution in [0, 0.1) is 11.8 Å². The van der Waals surface area contributed by atoms with E-state index in [1.807, 2.05) is 19.9 Å². The molecule has 2 aromatic carbocycles. The highest BCUT2D eigenvalue weighted by atomic mass is 16.5. The van der Waals surface area contributed by atoms with Crippen LogP contribution in [0.2, 0.25) is 0 Å². The zero-order valence-corrected chi connectivity index (χ0v) is 31.1. The van der Waals surface area contributed by atoms with Crippen molar-refractivity contribution in [1.82, 2.24) is 26.6 Å². The minimum Gasteiger partial charge on any atom is -0.494 e. The zero-order valence-electron chi connectivity index (χ0n) is 31.1. The molecule has 54 heavy (non-hydrogen) atoms. The Morgan fingerprint density at radius 1 is 0.778 bits per heavy atom. The van der Waals surface area contributed by atoms with Crippen molar-refractivity contribution in [3.8, 4) is 5.75 Å². The van der Waals surface area contributed by atoms with Crippen LogP contribution in [-0.4, -0.2) is 84.5 Å². The third kappa shape index (κ3) is 14.5. The van der Waals surface area contributed by atoms with Gasteiger partial charge in [-0.2, -0.15) is 0 Å². The number of carbonyl (C=O) groups excluding carboxylic acids is 6. The van der Waals surface area contributed by atoms with Crippen LogP contribution in [0.25, 0.3) is 0 Å². The lowest BCUT2D eigenvalue weighted by Gasteiger charge is -2.31. The number of alkyl carbamates (subject to hydrolysis) is 1. The molecule has 1 unspecified atom stereocenters. The van der Waals surface area contributed by atoms with Crippen LogP contribution in [-0.2, 0) is 33.5 Å². The highest BCUT2D eigenvalue weighted by Gasteiger charge is 2.35. The lowest BCUT2D eigenvalue weighted by molar-refractivity contribution is -0.142. The number of aliphatic carboxylic acids is 1. The highest BCUT2D eigenvalue weighted by molar-refractivity contribution is 6.38. The Bertz CT molecular complexity index is 1550. The summed E-state index contributed by atoms with van der Waals surface area (Å²) in [7, 11) is 0. The molecule has 3 rings (SSSR count). The molecule has 4 atom stereocenters. The summed E-state index contributed by atoms with van der Waals surface area (Å²) in [6.07, 6.45) is 3.85. The number of para-hydroxylation sites is 1. The van der Waals surface area contributed by atoms with E-state index in [4.69, 9.17) is 9.47 Å². The van der Waals surface area contributed by atoms with Gasteiger partial charge in [0.05, 0.1) is 25.8 Å². The summed E-state index contributed by atoms with van der Waals surface area (Å²) in [6, 6.07) is 11.9. The lowest BCUT2D eigenvalue weighted by atomic mass is 9.83. The van der Waals surface area contributed by atoms with Gasteiger partial charge in [0.15, 0.2) is 6.04 Å². The molecule has 0 bridgehead atoms. The van der Waals surface area contributed by atoms with Gasteiger partial charge in [0.2, 0.25) is 23.5 Å². The maximum Gasteiger partial charge on any atom is 0.407 e. The quantitative estimate of drug-likeness (QED) is 0.102. The first-order valence-corrected chi connectivity index (χ1v) is 18.5. The molecule has 1 aliphatic rings. The van der Waals surface area contributed by atoms with Crippen LogP contribution in [0.15, 0.2) is 60.7 Å². The second-order valence-electron chi connectivity index (χ2n) is 13.7. The second kappa shape index (κ2) is 22.6. The van der Waals surface area contributed by atoms with E-state index in [0.29, 0.717) is 30.6 Å². The van der Waals surface area contributed by atoms with Gasteiger partial charge in [-0.15, -0.1) is 0 Å². The normalized spacial score (nSPS) is 15.0. The van der Waals surface area contributed by atoms with Crippen molar-refractivity contribution in [2.24, 2.45) is 11.8 Å². The molecule has 294 valence electrons. The number of carboxylic acids is 1. The molecular formula is C39H53N5O10. The first-order chi connectivity index (χ1) is 25.9. The largest absolute Gasteiger partial charge is 0.494 e. The minimum atomic E-state index is -1.38. The third-order valence-electron chi connectivity index (χ3n) is 8.81. The summed E-state index contributed by atoms with van der Waals surface area (Å²) < 4.78 is 11.1. The lowest BCUT2D eigenvalue weighted by Crippen LogP contribution is -2.58. The molecule has 0 aromatic heterocycles. The van der Waals surface area contributed by atoms with E-state index in [0.717, 1.165) is 19.3 Å². The van der Waals surface area contributed by atoms with Crippen LogP contribution < -0.4 is 31.3 Å². The Morgan fingerprint density at radius 3 is 2.02 bits per heavy atom. The maximum absolute atomic E-state index is 13.9. The predicted octanol–water partition coefficient (Wildman–Crippen LogP) is 3.18.